The predicted octanol–water partition coefficient (Wildman–Crippen LogP) is 0.882. The molecule has 1 saturated carbocycles. The number of carbonyl (C=O) groups is 1. The molecular weight excluding hydrogens is 276 g/mol. The number of nitrogens with two attached hydrogens (primary N) is 1. The molecule has 4 N–H and O–H groups in total. The molecule has 0 aromatic carbocycles. The molecule has 9 heteroatoms. The van der Waals surface area contributed by atoms with Gasteiger partial charge in [-0.05, 0) is 26.7 Å². The number of nitrogens with zero attached hydrogens (tertiary/aromatic N) is 3. The van der Waals surface area contributed by atoms with Crippen LogP contribution < -0.4 is 16.4 Å². The maximum absolute atomic E-state index is 11.2. The van der Waals surface area contributed by atoms with Gasteiger partial charge in [0, 0.05) is 12.6 Å². The molecule has 21 heavy (non-hydrogen) atoms. The first-order valence-corrected chi connectivity index (χ1v) is 6.61. The molecule has 0 radical (unpaired) electrons. The van der Waals surface area contributed by atoms with Gasteiger partial charge in [0.15, 0.2) is 0 Å². The second kappa shape index (κ2) is 5.51. The van der Waals surface area contributed by atoms with E-state index in [4.69, 9.17) is 5.73 Å². The average molecular weight is 294 g/mol. The number of aromatic nitrogens is 2. The first kappa shape index (κ1) is 14.9. The van der Waals surface area contributed by atoms with Crippen LogP contribution in [0.15, 0.2) is 6.20 Å². The summed E-state index contributed by atoms with van der Waals surface area (Å²) in [6.45, 7) is 3.62. The molecule has 0 saturated heterocycles. The molecule has 1 heterocycles. The van der Waals surface area contributed by atoms with Crippen LogP contribution >= 0.6 is 0 Å². The number of primary amides is 1. The van der Waals surface area contributed by atoms with Gasteiger partial charge in [0.2, 0.25) is 17.7 Å². The number of nitrogens with one attached hydrogen (secondary N) is 2. The van der Waals surface area contributed by atoms with Gasteiger partial charge in [0.1, 0.15) is 6.20 Å². The fourth-order valence-electron chi connectivity index (χ4n) is 1.51. The SMILES string of the molecule is CC(C)(CNc1ncc([N+](=O)[O-])c(NC2CC2)n1)C(N)=O. The van der Waals surface area contributed by atoms with Crippen molar-refractivity contribution < 1.29 is 9.72 Å². The first-order chi connectivity index (χ1) is 9.79. The third-order valence-corrected chi connectivity index (χ3v) is 3.24. The smallest absolute Gasteiger partial charge is 0.329 e. The Morgan fingerprint density at radius 2 is 2.24 bits per heavy atom. The molecule has 114 valence electrons. The van der Waals surface area contributed by atoms with Crippen molar-refractivity contribution in [1.82, 2.24) is 9.97 Å². The van der Waals surface area contributed by atoms with E-state index in [9.17, 15) is 14.9 Å². The summed E-state index contributed by atoms with van der Waals surface area (Å²) >= 11 is 0. The van der Waals surface area contributed by atoms with Gasteiger partial charge in [-0.2, -0.15) is 4.98 Å². The number of hydrogen-bond donors (Lipinski definition) is 3. The van der Waals surface area contributed by atoms with Crippen LogP contribution in [0.1, 0.15) is 26.7 Å². The van der Waals surface area contributed by atoms with Crippen LogP contribution in [0.2, 0.25) is 0 Å². The van der Waals surface area contributed by atoms with Gasteiger partial charge in [-0.25, -0.2) is 4.98 Å². The van der Waals surface area contributed by atoms with E-state index in [2.05, 4.69) is 20.6 Å². The zero-order chi connectivity index (χ0) is 15.6. The van der Waals surface area contributed by atoms with Crippen LogP contribution in [0, 0.1) is 15.5 Å². The van der Waals surface area contributed by atoms with Gasteiger partial charge in [-0.3, -0.25) is 14.9 Å². The highest BCUT2D eigenvalue weighted by Crippen LogP contribution is 2.29. The monoisotopic (exact) mass is 294 g/mol. The molecule has 0 spiro atoms. The standard InChI is InChI=1S/C12H18N6O3/c1-12(2,10(13)19)6-15-11-14-5-8(18(20)21)9(17-11)16-7-3-4-7/h5,7H,3-4,6H2,1-2H3,(H2,13,19)(H2,14,15,16,17). The summed E-state index contributed by atoms with van der Waals surface area (Å²) in [7, 11) is 0. The highest BCUT2D eigenvalue weighted by molar-refractivity contribution is 5.80. The zero-order valence-electron chi connectivity index (χ0n) is 11.9. The Kier molecular flexibility index (Phi) is 3.92. The van der Waals surface area contributed by atoms with Gasteiger partial charge in [-0.15, -0.1) is 0 Å². The van der Waals surface area contributed by atoms with Gasteiger partial charge >= 0.3 is 5.69 Å². The van der Waals surface area contributed by atoms with Crippen molar-refractivity contribution in [2.75, 3.05) is 17.2 Å². The summed E-state index contributed by atoms with van der Waals surface area (Å²) in [6, 6.07) is 0.230. The summed E-state index contributed by atoms with van der Waals surface area (Å²) in [5, 5.41) is 16.8. The molecule has 0 aliphatic heterocycles. The van der Waals surface area contributed by atoms with E-state index < -0.39 is 16.2 Å². The number of nitro groups is 1. The Balaban J connectivity index is 2.13. The van der Waals surface area contributed by atoms with E-state index >= 15 is 0 Å². The summed E-state index contributed by atoms with van der Waals surface area (Å²) in [4.78, 5) is 29.7. The van der Waals surface area contributed by atoms with Crippen LogP contribution in [-0.2, 0) is 4.79 Å². The van der Waals surface area contributed by atoms with Crippen LogP contribution in [0.3, 0.4) is 0 Å². The second-order valence-electron chi connectivity index (χ2n) is 5.70. The number of anilines is 2. The Hall–Kier alpha value is -2.45. The van der Waals surface area contributed by atoms with Crippen molar-refractivity contribution in [2.45, 2.75) is 32.7 Å². The Labute approximate surface area is 121 Å². The number of hydrogen-bond acceptors (Lipinski definition) is 7. The molecule has 1 amide bonds. The number of carbonyl (C=O) groups excluding carboxylic acids is 1. The highest BCUT2D eigenvalue weighted by Gasteiger charge is 2.28. The maximum atomic E-state index is 11.2. The van der Waals surface area contributed by atoms with E-state index in [0.717, 1.165) is 19.0 Å². The van der Waals surface area contributed by atoms with Crippen molar-refractivity contribution in [3.05, 3.63) is 16.3 Å². The van der Waals surface area contributed by atoms with Crippen LogP contribution in [-0.4, -0.2) is 33.4 Å². The summed E-state index contributed by atoms with van der Waals surface area (Å²) < 4.78 is 0. The molecule has 1 aliphatic rings. The molecule has 9 nitrogen and oxygen atoms in total. The summed E-state index contributed by atoms with van der Waals surface area (Å²) in [6.07, 6.45) is 3.09. The molecular formula is C12H18N6O3. The molecule has 1 aromatic heterocycles. The second-order valence-corrected chi connectivity index (χ2v) is 5.70. The van der Waals surface area contributed by atoms with Crippen LogP contribution in [0.25, 0.3) is 0 Å². The molecule has 1 aliphatic carbocycles. The lowest BCUT2D eigenvalue weighted by molar-refractivity contribution is -0.384. The molecule has 0 bridgehead atoms. The normalized spacial score (nSPS) is 14.6. The lowest BCUT2D eigenvalue weighted by Crippen LogP contribution is -2.37. The van der Waals surface area contributed by atoms with Gasteiger partial charge in [-0.1, -0.05) is 0 Å². The molecule has 2 rings (SSSR count). The summed E-state index contributed by atoms with van der Waals surface area (Å²) in [5.41, 5.74) is 4.35. The predicted molar refractivity (Wildman–Crippen MR) is 76.8 cm³/mol. The van der Waals surface area contributed by atoms with Crippen molar-refractivity contribution >= 4 is 23.4 Å². The van der Waals surface area contributed by atoms with Crippen LogP contribution in [0.5, 0.6) is 0 Å². The minimum absolute atomic E-state index is 0.165. The van der Waals surface area contributed by atoms with Gasteiger partial charge in [0.25, 0.3) is 0 Å². The Morgan fingerprint density at radius 1 is 1.57 bits per heavy atom. The molecule has 0 atom stereocenters. The van der Waals surface area contributed by atoms with E-state index in [1.807, 2.05) is 0 Å². The Bertz CT molecular complexity index is 570. The fraction of sp³-hybridized carbons (Fsp3) is 0.583. The quantitative estimate of drug-likeness (QED) is 0.501. The molecule has 1 fully saturated rings. The van der Waals surface area contributed by atoms with E-state index in [-0.39, 0.29) is 30.0 Å². The lowest BCUT2D eigenvalue weighted by atomic mass is 9.93. The first-order valence-electron chi connectivity index (χ1n) is 6.61. The van der Waals surface area contributed by atoms with E-state index in [0.29, 0.717) is 0 Å². The van der Waals surface area contributed by atoms with Gasteiger partial charge < -0.3 is 16.4 Å². The average Bonchev–Trinajstić information content (AvgIpc) is 3.20. The maximum Gasteiger partial charge on any atom is 0.329 e. The van der Waals surface area contributed by atoms with Crippen molar-refractivity contribution in [3.63, 3.8) is 0 Å². The molecule has 0 unspecified atom stereocenters. The van der Waals surface area contributed by atoms with E-state index in [1.165, 1.54) is 0 Å². The number of rotatable bonds is 7. The Morgan fingerprint density at radius 3 is 2.76 bits per heavy atom. The zero-order valence-corrected chi connectivity index (χ0v) is 11.9. The lowest BCUT2D eigenvalue weighted by Gasteiger charge is -2.20. The minimum Gasteiger partial charge on any atom is -0.369 e. The van der Waals surface area contributed by atoms with Crippen LogP contribution in [0.4, 0.5) is 17.5 Å². The third kappa shape index (κ3) is 3.77. The largest absolute Gasteiger partial charge is 0.369 e. The van der Waals surface area contributed by atoms with Crippen molar-refractivity contribution in [3.8, 4) is 0 Å². The highest BCUT2D eigenvalue weighted by atomic mass is 16.6. The fourth-order valence-corrected chi connectivity index (χ4v) is 1.51. The van der Waals surface area contributed by atoms with Crippen molar-refractivity contribution in [2.24, 2.45) is 11.1 Å². The van der Waals surface area contributed by atoms with Gasteiger partial charge in [0.05, 0.1) is 10.3 Å². The number of amides is 1. The van der Waals surface area contributed by atoms with E-state index in [1.54, 1.807) is 13.8 Å². The minimum atomic E-state index is -0.769. The summed E-state index contributed by atoms with van der Waals surface area (Å²) in [5.74, 6) is -0.0387. The molecule has 1 aromatic rings. The van der Waals surface area contributed by atoms with Crippen molar-refractivity contribution in [1.29, 1.82) is 0 Å². The topological polar surface area (TPSA) is 136 Å². The third-order valence-electron chi connectivity index (χ3n) is 3.24.